The molecule has 0 aliphatic heterocycles. The molecule has 1 aromatic carbocycles. The van der Waals surface area contributed by atoms with Gasteiger partial charge >= 0.3 is 0 Å². The molecule has 0 bridgehead atoms. The molecule has 0 atom stereocenters. The van der Waals surface area contributed by atoms with Crippen LogP contribution in [0.3, 0.4) is 0 Å². The number of para-hydroxylation sites is 1. The largest absolute Gasteiger partial charge is 0.379 e. The Bertz CT molecular complexity index is 486. The summed E-state index contributed by atoms with van der Waals surface area (Å²) < 4.78 is 0. The maximum Gasteiger partial charge on any atom is 0.292 e. The average Bonchev–Trinajstić information content (AvgIpc) is 2.45. The van der Waals surface area contributed by atoms with Crippen molar-refractivity contribution in [3.63, 3.8) is 0 Å². The summed E-state index contributed by atoms with van der Waals surface area (Å²) in [6, 6.07) is 5.29. The van der Waals surface area contributed by atoms with Crippen LogP contribution in [0.5, 0.6) is 0 Å². The number of anilines is 1. The molecule has 5 nitrogen and oxygen atoms in total. The number of benzene rings is 1. The van der Waals surface area contributed by atoms with E-state index in [9.17, 15) is 10.1 Å². The van der Waals surface area contributed by atoms with Crippen LogP contribution in [-0.4, -0.2) is 29.0 Å². The summed E-state index contributed by atoms with van der Waals surface area (Å²) in [5.74, 6) is 0. The average molecular weight is 293 g/mol. The van der Waals surface area contributed by atoms with Gasteiger partial charge in [0, 0.05) is 24.7 Å². The van der Waals surface area contributed by atoms with Crippen LogP contribution in [0.4, 0.5) is 11.4 Å². The predicted octanol–water partition coefficient (Wildman–Crippen LogP) is 4.04. The SMILES string of the molecule is CCCNc1c(CN(C)C(C)(C)CC)cccc1[N+](=O)[O-]. The van der Waals surface area contributed by atoms with E-state index in [1.165, 1.54) is 0 Å². The van der Waals surface area contributed by atoms with Crippen molar-refractivity contribution < 1.29 is 4.92 Å². The summed E-state index contributed by atoms with van der Waals surface area (Å²) >= 11 is 0. The van der Waals surface area contributed by atoms with Gasteiger partial charge in [-0.2, -0.15) is 0 Å². The molecule has 1 N–H and O–H groups in total. The van der Waals surface area contributed by atoms with Gasteiger partial charge in [0.2, 0.25) is 0 Å². The summed E-state index contributed by atoms with van der Waals surface area (Å²) in [6.07, 6.45) is 1.96. The number of nitro benzene ring substituents is 1. The molecule has 1 aromatic rings. The maximum atomic E-state index is 11.2. The molecule has 118 valence electrons. The van der Waals surface area contributed by atoms with Crippen molar-refractivity contribution in [1.29, 1.82) is 0 Å². The van der Waals surface area contributed by atoms with Crippen LogP contribution < -0.4 is 5.32 Å². The Labute approximate surface area is 127 Å². The predicted molar refractivity (Wildman–Crippen MR) is 87.7 cm³/mol. The molecule has 0 saturated carbocycles. The number of hydrogen-bond donors (Lipinski definition) is 1. The highest BCUT2D eigenvalue weighted by atomic mass is 16.6. The maximum absolute atomic E-state index is 11.2. The Kier molecular flexibility index (Phi) is 6.15. The lowest BCUT2D eigenvalue weighted by Gasteiger charge is -2.35. The second-order valence-electron chi connectivity index (χ2n) is 6.02. The Balaban J connectivity index is 3.10. The summed E-state index contributed by atoms with van der Waals surface area (Å²) in [5.41, 5.74) is 1.85. The summed E-state index contributed by atoms with van der Waals surface area (Å²) in [6.45, 7) is 9.99. The van der Waals surface area contributed by atoms with Crippen LogP contribution in [0.1, 0.15) is 46.1 Å². The first-order valence-electron chi connectivity index (χ1n) is 7.54. The van der Waals surface area contributed by atoms with E-state index >= 15 is 0 Å². The van der Waals surface area contributed by atoms with Gasteiger partial charge in [-0.15, -0.1) is 0 Å². The van der Waals surface area contributed by atoms with Gasteiger partial charge in [0.25, 0.3) is 5.69 Å². The molecule has 0 radical (unpaired) electrons. The number of nitrogens with zero attached hydrogens (tertiary/aromatic N) is 2. The van der Waals surface area contributed by atoms with Crippen LogP contribution in [-0.2, 0) is 6.54 Å². The molecule has 0 saturated heterocycles. The highest BCUT2D eigenvalue weighted by Gasteiger charge is 2.24. The molecule has 0 aliphatic carbocycles. The smallest absolute Gasteiger partial charge is 0.292 e. The second-order valence-corrected chi connectivity index (χ2v) is 6.02. The van der Waals surface area contributed by atoms with E-state index in [0.717, 1.165) is 24.9 Å². The second kappa shape index (κ2) is 7.41. The standard InChI is InChI=1S/C16H27N3O2/c1-6-11-17-15-13(9-8-10-14(15)19(20)21)12-18(5)16(3,4)7-2/h8-10,17H,6-7,11-12H2,1-5H3. The minimum Gasteiger partial charge on any atom is -0.379 e. The first kappa shape index (κ1) is 17.4. The van der Waals surface area contributed by atoms with E-state index in [1.54, 1.807) is 12.1 Å². The van der Waals surface area contributed by atoms with Gasteiger partial charge in [0.1, 0.15) is 5.69 Å². The molecular weight excluding hydrogens is 266 g/mol. The summed E-state index contributed by atoms with van der Waals surface area (Å²) in [4.78, 5) is 13.2. The van der Waals surface area contributed by atoms with Crippen molar-refractivity contribution in [1.82, 2.24) is 4.90 Å². The van der Waals surface area contributed by atoms with Crippen LogP contribution >= 0.6 is 0 Å². The van der Waals surface area contributed by atoms with Crippen molar-refractivity contribution in [2.45, 2.75) is 52.6 Å². The molecule has 0 fully saturated rings. The van der Waals surface area contributed by atoms with Crippen molar-refractivity contribution >= 4 is 11.4 Å². The van der Waals surface area contributed by atoms with Crippen LogP contribution in [0.25, 0.3) is 0 Å². The lowest BCUT2D eigenvalue weighted by molar-refractivity contribution is -0.384. The number of nitro groups is 1. The highest BCUT2D eigenvalue weighted by Crippen LogP contribution is 2.30. The summed E-state index contributed by atoms with van der Waals surface area (Å²) in [5, 5.41) is 14.4. The minimum absolute atomic E-state index is 0.0622. The molecule has 0 amide bonds. The Morgan fingerprint density at radius 2 is 2.00 bits per heavy atom. The molecule has 0 heterocycles. The quantitative estimate of drug-likeness (QED) is 0.580. The number of nitrogens with one attached hydrogen (secondary N) is 1. The lowest BCUT2D eigenvalue weighted by Crippen LogP contribution is -2.39. The van der Waals surface area contributed by atoms with E-state index in [-0.39, 0.29) is 16.1 Å². The number of rotatable bonds is 8. The fraction of sp³-hybridized carbons (Fsp3) is 0.625. The van der Waals surface area contributed by atoms with Gasteiger partial charge in [-0.3, -0.25) is 15.0 Å². The van der Waals surface area contributed by atoms with Crippen LogP contribution in [0.2, 0.25) is 0 Å². The fourth-order valence-electron chi connectivity index (χ4n) is 2.06. The van der Waals surface area contributed by atoms with Crippen molar-refractivity contribution in [3.05, 3.63) is 33.9 Å². The van der Waals surface area contributed by atoms with Crippen molar-refractivity contribution in [2.24, 2.45) is 0 Å². The molecule has 5 heteroatoms. The zero-order chi connectivity index (χ0) is 16.0. The van der Waals surface area contributed by atoms with E-state index in [2.05, 4.69) is 38.0 Å². The highest BCUT2D eigenvalue weighted by molar-refractivity contribution is 5.66. The monoisotopic (exact) mass is 293 g/mol. The van der Waals surface area contributed by atoms with Gasteiger partial charge < -0.3 is 5.32 Å². The number of hydrogen-bond acceptors (Lipinski definition) is 4. The molecule has 0 unspecified atom stereocenters. The topological polar surface area (TPSA) is 58.4 Å². The Hall–Kier alpha value is -1.62. The van der Waals surface area contributed by atoms with E-state index < -0.39 is 0 Å². The van der Waals surface area contributed by atoms with Crippen molar-refractivity contribution in [3.8, 4) is 0 Å². The Morgan fingerprint density at radius 3 is 2.52 bits per heavy atom. The molecule has 0 aliphatic rings. The lowest BCUT2D eigenvalue weighted by atomic mass is 9.98. The fourth-order valence-corrected chi connectivity index (χ4v) is 2.06. The van der Waals surface area contributed by atoms with E-state index in [0.29, 0.717) is 12.2 Å². The molecule has 0 spiro atoms. The minimum atomic E-state index is -0.313. The third kappa shape index (κ3) is 4.43. The third-order valence-electron chi connectivity index (χ3n) is 4.18. The zero-order valence-electron chi connectivity index (χ0n) is 13.8. The van der Waals surface area contributed by atoms with Gasteiger partial charge in [-0.25, -0.2) is 0 Å². The summed E-state index contributed by atoms with van der Waals surface area (Å²) in [7, 11) is 2.06. The zero-order valence-corrected chi connectivity index (χ0v) is 13.8. The van der Waals surface area contributed by atoms with Gasteiger partial charge in [-0.1, -0.05) is 26.0 Å². The van der Waals surface area contributed by atoms with Gasteiger partial charge in [-0.05, 0) is 39.3 Å². The molecule has 0 aromatic heterocycles. The van der Waals surface area contributed by atoms with Gasteiger partial charge in [0.05, 0.1) is 4.92 Å². The third-order valence-corrected chi connectivity index (χ3v) is 4.18. The Morgan fingerprint density at radius 1 is 1.33 bits per heavy atom. The van der Waals surface area contributed by atoms with E-state index in [1.807, 2.05) is 13.0 Å². The molecule has 21 heavy (non-hydrogen) atoms. The van der Waals surface area contributed by atoms with E-state index in [4.69, 9.17) is 0 Å². The van der Waals surface area contributed by atoms with Crippen LogP contribution in [0, 0.1) is 10.1 Å². The molecular formula is C16H27N3O2. The normalized spacial score (nSPS) is 11.7. The first-order valence-corrected chi connectivity index (χ1v) is 7.54. The van der Waals surface area contributed by atoms with Gasteiger partial charge in [0.15, 0.2) is 0 Å². The molecule has 1 rings (SSSR count). The van der Waals surface area contributed by atoms with Crippen molar-refractivity contribution in [2.75, 3.05) is 18.9 Å². The van der Waals surface area contributed by atoms with Crippen LogP contribution in [0.15, 0.2) is 18.2 Å². The first-order chi connectivity index (χ1) is 9.83.